The van der Waals surface area contributed by atoms with Gasteiger partial charge >= 0.3 is 0 Å². The van der Waals surface area contributed by atoms with Crippen LogP contribution in [0, 0.1) is 0 Å². The van der Waals surface area contributed by atoms with Crippen molar-refractivity contribution in [1.82, 2.24) is 0 Å². The quantitative estimate of drug-likeness (QED) is 0.494. The summed E-state index contributed by atoms with van der Waals surface area (Å²) in [6, 6.07) is 29.9. The van der Waals surface area contributed by atoms with Crippen molar-refractivity contribution in [2.45, 2.75) is 50.0 Å². The minimum atomic E-state index is -1.01. The fourth-order valence-electron chi connectivity index (χ4n) is 4.53. The van der Waals surface area contributed by atoms with Gasteiger partial charge in [-0.15, -0.1) is 0 Å². The van der Waals surface area contributed by atoms with Crippen LogP contribution in [0.1, 0.15) is 16.7 Å². The third-order valence-corrected chi connectivity index (χ3v) is 6.36. The normalized spacial score (nSPS) is 28.1. The molecule has 0 radical (unpaired) electrons. The summed E-state index contributed by atoms with van der Waals surface area (Å²) in [7, 11) is 0. The van der Waals surface area contributed by atoms with Crippen molar-refractivity contribution >= 4 is 0 Å². The molecule has 0 aromatic heterocycles. The van der Waals surface area contributed by atoms with Crippen molar-refractivity contribution in [3.8, 4) is 0 Å². The maximum Gasteiger partial charge on any atom is 0.187 e. The molecule has 0 spiro atoms. The number of aliphatic hydroxyl groups is 1. The SMILES string of the molecule is OC[C@@]12COC(O1)[C@@H](OCc1ccccc1)[C@@H](OCc1ccccc1)[C@@H]2OCc1ccccc1. The Hall–Kier alpha value is -2.58. The van der Waals surface area contributed by atoms with Crippen molar-refractivity contribution in [1.29, 1.82) is 0 Å². The molecule has 5 rings (SSSR count). The van der Waals surface area contributed by atoms with Crippen LogP contribution in [-0.2, 0) is 43.5 Å². The molecule has 2 aliphatic heterocycles. The van der Waals surface area contributed by atoms with Crippen LogP contribution >= 0.6 is 0 Å². The van der Waals surface area contributed by atoms with Crippen molar-refractivity contribution in [2.24, 2.45) is 0 Å². The minimum Gasteiger partial charge on any atom is -0.393 e. The van der Waals surface area contributed by atoms with Crippen LogP contribution in [0.3, 0.4) is 0 Å². The van der Waals surface area contributed by atoms with Crippen LogP contribution in [-0.4, -0.2) is 48.5 Å². The molecule has 6 nitrogen and oxygen atoms in total. The van der Waals surface area contributed by atoms with Crippen LogP contribution in [0.15, 0.2) is 91.0 Å². The highest BCUT2D eigenvalue weighted by molar-refractivity contribution is 5.16. The van der Waals surface area contributed by atoms with Crippen molar-refractivity contribution in [2.75, 3.05) is 13.2 Å². The Balaban J connectivity index is 1.40. The highest BCUT2D eigenvalue weighted by Crippen LogP contribution is 2.41. The average Bonchev–Trinajstić information content (AvgIpc) is 3.29. The number of hydrogen-bond acceptors (Lipinski definition) is 6. The molecule has 3 aromatic rings. The Morgan fingerprint density at radius 3 is 1.65 bits per heavy atom. The van der Waals surface area contributed by atoms with Gasteiger partial charge in [-0.05, 0) is 16.7 Å². The van der Waals surface area contributed by atoms with Crippen LogP contribution in [0.25, 0.3) is 0 Å². The lowest BCUT2D eigenvalue weighted by atomic mass is 9.88. The van der Waals surface area contributed by atoms with Gasteiger partial charge in [-0.2, -0.15) is 0 Å². The molecule has 34 heavy (non-hydrogen) atoms. The van der Waals surface area contributed by atoms with E-state index < -0.39 is 30.2 Å². The predicted octanol–water partition coefficient (Wildman–Crippen LogP) is 3.86. The van der Waals surface area contributed by atoms with Gasteiger partial charge < -0.3 is 28.8 Å². The monoisotopic (exact) mass is 462 g/mol. The molecule has 0 aliphatic carbocycles. The smallest absolute Gasteiger partial charge is 0.187 e. The lowest BCUT2D eigenvalue weighted by Crippen LogP contribution is -2.64. The van der Waals surface area contributed by atoms with Gasteiger partial charge in [0.25, 0.3) is 0 Å². The van der Waals surface area contributed by atoms with E-state index in [-0.39, 0.29) is 13.2 Å². The zero-order valence-electron chi connectivity index (χ0n) is 19.0. The number of benzene rings is 3. The van der Waals surface area contributed by atoms with E-state index in [1.54, 1.807) is 0 Å². The Morgan fingerprint density at radius 2 is 1.15 bits per heavy atom. The highest BCUT2D eigenvalue weighted by atomic mass is 16.8. The summed E-state index contributed by atoms with van der Waals surface area (Å²) >= 11 is 0. The summed E-state index contributed by atoms with van der Waals surface area (Å²) in [6.45, 7) is 1.11. The summed E-state index contributed by atoms with van der Waals surface area (Å²) in [5.74, 6) is 0. The Morgan fingerprint density at radius 1 is 0.676 bits per heavy atom. The zero-order chi connectivity index (χ0) is 23.2. The van der Waals surface area contributed by atoms with E-state index in [0.29, 0.717) is 19.8 Å². The van der Waals surface area contributed by atoms with Gasteiger partial charge in [0.2, 0.25) is 0 Å². The maximum atomic E-state index is 10.4. The molecule has 2 saturated heterocycles. The van der Waals surface area contributed by atoms with Gasteiger partial charge in [-0.3, -0.25) is 0 Å². The number of ether oxygens (including phenoxy) is 5. The third kappa shape index (κ3) is 5.08. The number of hydrogen-bond donors (Lipinski definition) is 1. The first-order valence-corrected chi connectivity index (χ1v) is 11.6. The number of aliphatic hydroxyl groups excluding tert-OH is 1. The molecule has 1 unspecified atom stereocenters. The molecule has 0 saturated carbocycles. The Bertz CT molecular complexity index is 1010. The molecule has 2 fully saturated rings. The van der Waals surface area contributed by atoms with E-state index >= 15 is 0 Å². The van der Waals surface area contributed by atoms with Gasteiger partial charge in [0, 0.05) is 0 Å². The van der Waals surface area contributed by atoms with Gasteiger partial charge in [-0.25, -0.2) is 0 Å². The molecule has 2 bridgehead atoms. The summed E-state index contributed by atoms with van der Waals surface area (Å²) in [4.78, 5) is 0. The molecule has 1 N–H and O–H groups in total. The standard InChI is InChI=1S/C28H30O6/c29-19-28-20-33-27(34-28)25(31-17-22-12-6-2-7-13-22)24(30-16-21-10-4-1-5-11-21)26(28)32-18-23-14-8-3-9-15-23/h1-15,24-27,29H,16-20H2/t24-,25+,26+,27?,28+/m1/s1. The second kappa shape index (κ2) is 10.8. The fraction of sp³-hybridized carbons (Fsp3) is 0.357. The summed E-state index contributed by atoms with van der Waals surface area (Å²) in [6.07, 6.45) is -2.25. The number of fused-ring (bicyclic) bond motifs is 2. The van der Waals surface area contributed by atoms with E-state index in [2.05, 4.69) is 0 Å². The van der Waals surface area contributed by atoms with Crippen LogP contribution in [0.4, 0.5) is 0 Å². The molecule has 5 atom stereocenters. The predicted molar refractivity (Wildman–Crippen MR) is 126 cm³/mol. The fourth-order valence-corrected chi connectivity index (χ4v) is 4.53. The molecule has 3 aromatic carbocycles. The first-order valence-electron chi connectivity index (χ1n) is 11.6. The summed E-state index contributed by atoms with van der Waals surface area (Å²) < 4.78 is 31.4. The van der Waals surface area contributed by atoms with Crippen LogP contribution in [0.2, 0.25) is 0 Å². The third-order valence-electron chi connectivity index (χ3n) is 6.36. The second-order valence-corrected chi connectivity index (χ2v) is 8.76. The van der Waals surface area contributed by atoms with Gasteiger partial charge in [0.1, 0.15) is 23.9 Å². The van der Waals surface area contributed by atoms with Crippen molar-refractivity contribution < 1.29 is 28.8 Å². The van der Waals surface area contributed by atoms with E-state index in [0.717, 1.165) is 16.7 Å². The lowest BCUT2D eigenvalue weighted by Gasteiger charge is -2.45. The Labute approximate surface area is 200 Å². The molecule has 6 heteroatoms. The lowest BCUT2D eigenvalue weighted by molar-refractivity contribution is -0.299. The molecule has 178 valence electrons. The van der Waals surface area contributed by atoms with Crippen LogP contribution in [0.5, 0.6) is 0 Å². The molecule has 2 aliphatic rings. The topological polar surface area (TPSA) is 66.4 Å². The zero-order valence-corrected chi connectivity index (χ0v) is 19.0. The van der Waals surface area contributed by atoms with E-state index in [1.165, 1.54) is 0 Å². The first kappa shape index (κ1) is 23.2. The van der Waals surface area contributed by atoms with Gasteiger partial charge in [0.15, 0.2) is 6.29 Å². The molecule has 2 heterocycles. The second-order valence-electron chi connectivity index (χ2n) is 8.76. The minimum absolute atomic E-state index is 0.212. The highest BCUT2D eigenvalue weighted by Gasteiger charge is 2.61. The van der Waals surface area contributed by atoms with E-state index in [1.807, 2.05) is 91.0 Å². The number of rotatable bonds is 10. The maximum absolute atomic E-state index is 10.4. The van der Waals surface area contributed by atoms with E-state index in [9.17, 15) is 5.11 Å². The largest absolute Gasteiger partial charge is 0.393 e. The van der Waals surface area contributed by atoms with E-state index in [4.69, 9.17) is 23.7 Å². The summed E-state index contributed by atoms with van der Waals surface area (Å²) in [5, 5.41) is 10.4. The molecular formula is C28H30O6. The van der Waals surface area contributed by atoms with Gasteiger partial charge in [0.05, 0.1) is 33.0 Å². The first-order chi connectivity index (χ1) is 16.8. The van der Waals surface area contributed by atoms with Gasteiger partial charge in [-0.1, -0.05) is 91.0 Å². The molecule has 0 amide bonds. The van der Waals surface area contributed by atoms with Crippen molar-refractivity contribution in [3.05, 3.63) is 108 Å². The molecular weight excluding hydrogens is 432 g/mol. The average molecular weight is 463 g/mol. The Kier molecular flexibility index (Phi) is 7.35. The van der Waals surface area contributed by atoms with Crippen LogP contribution < -0.4 is 0 Å². The van der Waals surface area contributed by atoms with Crippen molar-refractivity contribution in [3.63, 3.8) is 0 Å². The summed E-state index contributed by atoms with van der Waals surface area (Å²) in [5.41, 5.74) is 2.11.